The van der Waals surface area contributed by atoms with E-state index in [-0.39, 0.29) is 33.5 Å². The Bertz CT molecular complexity index is 766. The molecule has 3 rings (SSSR count). The largest absolute Gasteiger partial charge is 0.349 e. The summed E-state index contributed by atoms with van der Waals surface area (Å²) in [6.45, 7) is 0. The van der Waals surface area contributed by atoms with Gasteiger partial charge in [-0.25, -0.2) is 13.1 Å². The van der Waals surface area contributed by atoms with E-state index in [0.29, 0.717) is 0 Å². The highest BCUT2D eigenvalue weighted by Crippen LogP contribution is 2.24. The molecule has 7 heteroatoms. The summed E-state index contributed by atoms with van der Waals surface area (Å²) in [5, 5.41) is 3.32. The third-order valence-electron chi connectivity index (χ3n) is 5.86. The molecule has 0 heterocycles. The molecule has 0 aliphatic heterocycles. The van der Waals surface area contributed by atoms with Gasteiger partial charge < -0.3 is 5.32 Å². The van der Waals surface area contributed by atoms with Gasteiger partial charge in [-0.05, 0) is 43.9 Å². The Kier molecular flexibility index (Phi) is 7.77. The van der Waals surface area contributed by atoms with Gasteiger partial charge in [0.2, 0.25) is 10.0 Å². The summed E-state index contributed by atoms with van der Waals surface area (Å²) in [7, 11) is -3.68. The second kappa shape index (κ2) is 10.1. The number of nitrogens with one attached hydrogen (secondary N) is 2. The Morgan fingerprint density at radius 2 is 1.39 bits per heavy atom. The second-order valence-electron chi connectivity index (χ2n) is 8.11. The fourth-order valence-corrected chi connectivity index (χ4v) is 5.75. The van der Waals surface area contributed by atoms with Crippen molar-refractivity contribution in [2.45, 2.75) is 94.0 Å². The number of amides is 1. The van der Waals surface area contributed by atoms with Crippen LogP contribution >= 0.6 is 11.6 Å². The van der Waals surface area contributed by atoms with Crippen LogP contribution in [0.2, 0.25) is 5.02 Å². The fourth-order valence-electron chi connectivity index (χ4n) is 4.22. The van der Waals surface area contributed by atoms with E-state index in [1.165, 1.54) is 31.0 Å². The minimum atomic E-state index is -3.68. The lowest BCUT2D eigenvalue weighted by atomic mass is 10.1. The molecule has 156 valence electrons. The topological polar surface area (TPSA) is 75.3 Å². The van der Waals surface area contributed by atoms with E-state index in [2.05, 4.69) is 10.0 Å². The number of carbonyl (C=O) groups excluding carboxylic acids is 1. The first-order chi connectivity index (χ1) is 13.5. The van der Waals surface area contributed by atoms with Gasteiger partial charge in [-0.2, -0.15) is 0 Å². The van der Waals surface area contributed by atoms with Crippen LogP contribution in [0.5, 0.6) is 0 Å². The highest BCUT2D eigenvalue weighted by Gasteiger charge is 2.24. The van der Waals surface area contributed by atoms with E-state index in [0.717, 1.165) is 64.2 Å². The lowest BCUT2D eigenvalue weighted by molar-refractivity contribution is 0.0933. The predicted molar refractivity (Wildman–Crippen MR) is 112 cm³/mol. The molecular weight excluding hydrogens is 396 g/mol. The normalized spacial score (nSPS) is 20.3. The third kappa shape index (κ3) is 5.94. The first-order valence-electron chi connectivity index (χ1n) is 10.6. The van der Waals surface area contributed by atoms with Crippen molar-refractivity contribution in [3.8, 4) is 0 Å². The van der Waals surface area contributed by atoms with Gasteiger partial charge in [0.15, 0.2) is 0 Å². The molecule has 1 aromatic carbocycles. The maximum absolute atomic E-state index is 12.8. The van der Waals surface area contributed by atoms with Gasteiger partial charge in [-0.1, -0.05) is 63.0 Å². The minimum Gasteiger partial charge on any atom is -0.349 e. The zero-order valence-electron chi connectivity index (χ0n) is 16.4. The summed E-state index contributed by atoms with van der Waals surface area (Å²) in [5.41, 5.74) is 0.231. The number of halogens is 1. The highest BCUT2D eigenvalue weighted by atomic mass is 35.5. The molecular formula is C21H31ClN2O3S. The predicted octanol–water partition coefficient (Wildman–Crippen LogP) is 4.79. The Morgan fingerprint density at radius 1 is 0.857 bits per heavy atom. The lowest BCUT2D eigenvalue weighted by Gasteiger charge is -2.18. The third-order valence-corrected chi connectivity index (χ3v) is 7.71. The van der Waals surface area contributed by atoms with E-state index in [4.69, 9.17) is 11.6 Å². The molecule has 0 bridgehead atoms. The molecule has 0 aromatic heterocycles. The summed E-state index contributed by atoms with van der Waals surface area (Å²) in [6, 6.07) is 4.49. The van der Waals surface area contributed by atoms with E-state index in [1.807, 2.05) is 0 Å². The SMILES string of the molecule is O=C(NC1CCCCCC1)c1cc(S(=O)(=O)NC2CCCCCC2)ccc1Cl. The Hall–Kier alpha value is -1.11. The second-order valence-corrected chi connectivity index (χ2v) is 10.2. The molecule has 2 fully saturated rings. The molecule has 0 saturated heterocycles. The number of sulfonamides is 1. The molecule has 2 aliphatic carbocycles. The molecule has 0 atom stereocenters. The van der Waals surface area contributed by atoms with Crippen LogP contribution in [0.4, 0.5) is 0 Å². The summed E-state index contributed by atoms with van der Waals surface area (Å²) in [5.74, 6) is -0.289. The number of hydrogen-bond acceptors (Lipinski definition) is 3. The molecule has 2 N–H and O–H groups in total. The molecule has 1 aromatic rings. The summed E-state index contributed by atoms with van der Waals surface area (Å²) in [4.78, 5) is 12.9. The average molecular weight is 427 g/mol. The molecule has 0 radical (unpaired) electrons. The number of carbonyl (C=O) groups is 1. The van der Waals surface area contributed by atoms with Crippen molar-refractivity contribution in [3.05, 3.63) is 28.8 Å². The smallest absolute Gasteiger partial charge is 0.253 e. The summed E-state index contributed by atoms with van der Waals surface area (Å²) >= 11 is 6.23. The van der Waals surface area contributed by atoms with Gasteiger partial charge in [0.05, 0.1) is 15.5 Å². The van der Waals surface area contributed by atoms with Crippen molar-refractivity contribution in [3.63, 3.8) is 0 Å². The van der Waals surface area contributed by atoms with Crippen LogP contribution in [0, 0.1) is 0 Å². The van der Waals surface area contributed by atoms with Gasteiger partial charge in [-0.3, -0.25) is 4.79 Å². The Morgan fingerprint density at radius 3 is 1.96 bits per heavy atom. The van der Waals surface area contributed by atoms with Crippen LogP contribution in [0.3, 0.4) is 0 Å². The summed E-state index contributed by atoms with van der Waals surface area (Å²) in [6.07, 6.45) is 12.7. The molecule has 0 unspecified atom stereocenters. The molecule has 1 amide bonds. The van der Waals surface area contributed by atoms with Crippen molar-refractivity contribution in [2.24, 2.45) is 0 Å². The molecule has 28 heavy (non-hydrogen) atoms. The number of hydrogen-bond donors (Lipinski definition) is 2. The standard InChI is InChI=1S/C21H31ClN2O3S/c22-20-14-13-18(28(26,27)24-17-11-7-3-4-8-12-17)15-19(20)21(25)23-16-9-5-1-2-6-10-16/h13-17,24H,1-12H2,(H,23,25). The van der Waals surface area contributed by atoms with Crippen LogP contribution < -0.4 is 10.0 Å². The van der Waals surface area contributed by atoms with Gasteiger partial charge in [0, 0.05) is 12.1 Å². The van der Waals surface area contributed by atoms with Crippen LogP contribution in [-0.4, -0.2) is 26.4 Å². The monoisotopic (exact) mass is 426 g/mol. The first kappa shape index (κ1) is 21.6. The highest BCUT2D eigenvalue weighted by molar-refractivity contribution is 7.89. The van der Waals surface area contributed by atoms with E-state index in [9.17, 15) is 13.2 Å². The molecule has 2 aliphatic rings. The van der Waals surface area contributed by atoms with Crippen molar-refractivity contribution < 1.29 is 13.2 Å². The van der Waals surface area contributed by atoms with Gasteiger partial charge in [0.25, 0.3) is 5.91 Å². The van der Waals surface area contributed by atoms with Crippen molar-refractivity contribution >= 4 is 27.5 Å². The zero-order chi connectivity index (χ0) is 20.0. The zero-order valence-corrected chi connectivity index (χ0v) is 18.0. The number of rotatable bonds is 5. The van der Waals surface area contributed by atoms with Gasteiger partial charge in [0.1, 0.15) is 0 Å². The first-order valence-corrected chi connectivity index (χ1v) is 12.4. The van der Waals surface area contributed by atoms with E-state index < -0.39 is 10.0 Å². The molecule has 2 saturated carbocycles. The van der Waals surface area contributed by atoms with Crippen LogP contribution in [0.15, 0.2) is 23.1 Å². The molecule has 0 spiro atoms. The maximum atomic E-state index is 12.8. The number of benzene rings is 1. The Balaban J connectivity index is 1.73. The van der Waals surface area contributed by atoms with Gasteiger partial charge >= 0.3 is 0 Å². The Labute approximate surface area is 173 Å². The van der Waals surface area contributed by atoms with E-state index in [1.54, 1.807) is 0 Å². The molecule has 5 nitrogen and oxygen atoms in total. The average Bonchev–Trinajstić information content (AvgIpc) is 3.06. The van der Waals surface area contributed by atoms with E-state index >= 15 is 0 Å². The van der Waals surface area contributed by atoms with Crippen LogP contribution in [-0.2, 0) is 10.0 Å². The lowest BCUT2D eigenvalue weighted by Crippen LogP contribution is -2.36. The summed E-state index contributed by atoms with van der Waals surface area (Å²) < 4.78 is 28.5. The maximum Gasteiger partial charge on any atom is 0.253 e. The van der Waals surface area contributed by atoms with Crippen molar-refractivity contribution in [1.29, 1.82) is 0 Å². The van der Waals surface area contributed by atoms with Crippen molar-refractivity contribution in [1.82, 2.24) is 10.0 Å². The van der Waals surface area contributed by atoms with Crippen LogP contribution in [0.1, 0.15) is 87.4 Å². The minimum absolute atomic E-state index is 0.0357. The van der Waals surface area contributed by atoms with Crippen molar-refractivity contribution in [2.75, 3.05) is 0 Å². The van der Waals surface area contributed by atoms with Crippen LogP contribution in [0.25, 0.3) is 0 Å². The fraction of sp³-hybridized carbons (Fsp3) is 0.667. The quantitative estimate of drug-likeness (QED) is 0.664. The van der Waals surface area contributed by atoms with Gasteiger partial charge in [-0.15, -0.1) is 0 Å².